The van der Waals surface area contributed by atoms with Crippen molar-refractivity contribution in [3.8, 4) is 5.75 Å². The first-order valence-corrected chi connectivity index (χ1v) is 10.5. The summed E-state index contributed by atoms with van der Waals surface area (Å²) in [6, 6.07) is 18.0. The first kappa shape index (κ1) is 24.0. The fourth-order valence-corrected chi connectivity index (χ4v) is 3.23. The number of ether oxygens (including phenoxy) is 1. The molecule has 0 saturated heterocycles. The van der Waals surface area contributed by atoms with E-state index in [4.69, 9.17) is 27.9 Å². The highest BCUT2D eigenvalue weighted by Crippen LogP contribution is 2.23. The van der Waals surface area contributed by atoms with Gasteiger partial charge in [0.15, 0.2) is 0 Å². The molecule has 2 N–H and O–H groups in total. The van der Waals surface area contributed by atoms with Crippen LogP contribution in [0, 0.1) is 6.92 Å². The van der Waals surface area contributed by atoms with Gasteiger partial charge >= 0.3 is 5.97 Å². The molecule has 0 spiro atoms. The fourth-order valence-electron chi connectivity index (χ4n) is 2.74. The van der Waals surface area contributed by atoms with E-state index in [1.54, 1.807) is 48.5 Å². The van der Waals surface area contributed by atoms with E-state index in [0.717, 1.165) is 5.56 Å². The van der Waals surface area contributed by atoms with Gasteiger partial charge in [0.1, 0.15) is 5.75 Å². The zero-order chi connectivity index (χ0) is 23.8. The lowest BCUT2D eigenvalue weighted by atomic mass is 10.1. The van der Waals surface area contributed by atoms with Gasteiger partial charge < -0.3 is 10.1 Å². The lowest BCUT2D eigenvalue weighted by Crippen LogP contribution is -2.34. The Kier molecular flexibility index (Phi) is 8.18. The van der Waals surface area contributed by atoms with Crippen LogP contribution >= 0.6 is 23.2 Å². The zero-order valence-corrected chi connectivity index (χ0v) is 19.0. The Labute approximate surface area is 200 Å². The molecule has 168 valence electrons. The van der Waals surface area contributed by atoms with Gasteiger partial charge in [0.25, 0.3) is 11.8 Å². The van der Waals surface area contributed by atoms with Gasteiger partial charge in [0.2, 0.25) is 0 Å². The number of amides is 2. The molecule has 0 unspecified atom stereocenters. The number of halogens is 2. The largest absolute Gasteiger partial charge is 0.423 e. The summed E-state index contributed by atoms with van der Waals surface area (Å²) >= 11 is 11.9. The van der Waals surface area contributed by atoms with Crippen molar-refractivity contribution in [2.24, 2.45) is 5.10 Å². The lowest BCUT2D eigenvalue weighted by Gasteiger charge is -2.07. The summed E-state index contributed by atoms with van der Waals surface area (Å²) in [5.41, 5.74) is 4.50. The molecule has 9 heteroatoms. The molecule has 0 aliphatic rings. The molecule has 0 fully saturated rings. The van der Waals surface area contributed by atoms with Crippen LogP contribution in [-0.2, 0) is 4.79 Å². The third kappa shape index (κ3) is 7.17. The van der Waals surface area contributed by atoms with Crippen LogP contribution in [0.25, 0.3) is 0 Å². The van der Waals surface area contributed by atoms with E-state index in [9.17, 15) is 14.4 Å². The van der Waals surface area contributed by atoms with Crippen molar-refractivity contribution in [1.82, 2.24) is 10.7 Å². The summed E-state index contributed by atoms with van der Waals surface area (Å²) in [5.74, 6) is -1.21. The van der Waals surface area contributed by atoms with Crippen molar-refractivity contribution in [3.05, 3.63) is 99.0 Å². The minimum absolute atomic E-state index is 0.181. The predicted octanol–water partition coefficient (Wildman–Crippen LogP) is 4.40. The van der Waals surface area contributed by atoms with Gasteiger partial charge in [-0.05, 0) is 55.0 Å². The van der Waals surface area contributed by atoms with Crippen LogP contribution in [0.2, 0.25) is 10.0 Å². The lowest BCUT2D eigenvalue weighted by molar-refractivity contribution is -0.120. The van der Waals surface area contributed by atoms with Crippen LogP contribution in [0.3, 0.4) is 0 Å². The van der Waals surface area contributed by atoms with Gasteiger partial charge in [-0.25, -0.2) is 10.2 Å². The number of carbonyl (C=O) groups is 3. The van der Waals surface area contributed by atoms with E-state index in [1.807, 2.05) is 13.0 Å². The van der Waals surface area contributed by atoms with Gasteiger partial charge in [0, 0.05) is 10.6 Å². The van der Waals surface area contributed by atoms with E-state index in [1.165, 1.54) is 18.3 Å². The van der Waals surface area contributed by atoms with Crippen molar-refractivity contribution in [1.29, 1.82) is 0 Å². The number of aryl methyl sites for hydroxylation is 1. The van der Waals surface area contributed by atoms with Crippen molar-refractivity contribution in [2.45, 2.75) is 6.92 Å². The average molecular weight is 484 g/mol. The molecule has 0 aliphatic heterocycles. The first-order chi connectivity index (χ1) is 15.8. The Balaban J connectivity index is 1.52. The zero-order valence-electron chi connectivity index (χ0n) is 17.5. The second kappa shape index (κ2) is 11.3. The van der Waals surface area contributed by atoms with Gasteiger partial charge in [-0.2, -0.15) is 5.10 Å². The maximum atomic E-state index is 12.3. The number of nitrogens with one attached hydrogen (secondary N) is 2. The SMILES string of the molecule is Cc1cccc(C(=O)NCC(=O)N/N=C/c2cccc(OC(=O)c3ccc(Cl)cc3Cl)c2)c1. The van der Waals surface area contributed by atoms with Crippen LogP contribution < -0.4 is 15.5 Å². The molecule has 7 nitrogen and oxygen atoms in total. The first-order valence-electron chi connectivity index (χ1n) is 9.76. The van der Waals surface area contributed by atoms with E-state index in [2.05, 4.69) is 15.8 Å². The third-order valence-electron chi connectivity index (χ3n) is 4.31. The maximum absolute atomic E-state index is 12.3. The molecular formula is C24H19Cl2N3O4. The van der Waals surface area contributed by atoms with Crippen molar-refractivity contribution in [2.75, 3.05) is 6.54 Å². The highest BCUT2D eigenvalue weighted by atomic mass is 35.5. The molecule has 0 aromatic heterocycles. The van der Waals surface area contributed by atoms with E-state index >= 15 is 0 Å². The highest BCUT2D eigenvalue weighted by molar-refractivity contribution is 6.36. The molecule has 3 rings (SSSR count). The van der Waals surface area contributed by atoms with E-state index in [-0.39, 0.29) is 28.8 Å². The van der Waals surface area contributed by atoms with Gasteiger partial charge in [-0.15, -0.1) is 0 Å². The Hall–Kier alpha value is -3.68. The van der Waals surface area contributed by atoms with Gasteiger partial charge in [0.05, 0.1) is 23.3 Å². The molecule has 33 heavy (non-hydrogen) atoms. The molecule has 0 bridgehead atoms. The topological polar surface area (TPSA) is 96.9 Å². The molecule has 3 aromatic rings. The summed E-state index contributed by atoms with van der Waals surface area (Å²) < 4.78 is 5.34. The van der Waals surface area contributed by atoms with Gasteiger partial charge in [-0.3, -0.25) is 9.59 Å². The predicted molar refractivity (Wildman–Crippen MR) is 127 cm³/mol. The highest BCUT2D eigenvalue weighted by Gasteiger charge is 2.13. The second-order valence-corrected chi connectivity index (χ2v) is 7.78. The Morgan fingerprint density at radius 1 is 1.00 bits per heavy atom. The summed E-state index contributed by atoms with van der Waals surface area (Å²) in [6.45, 7) is 1.64. The molecular weight excluding hydrogens is 465 g/mol. The number of hydrazone groups is 1. The van der Waals surface area contributed by atoms with E-state index in [0.29, 0.717) is 16.1 Å². The summed E-state index contributed by atoms with van der Waals surface area (Å²) in [4.78, 5) is 36.3. The molecule has 0 saturated carbocycles. The monoisotopic (exact) mass is 483 g/mol. The minimum atomic E-state index is -0.636. The molecule has 0 aliphatic carbocycles. The van der Waals surface area contributed by atoms with Crippen LogP contribution in [0.5, 0.6) is 5.75 Å². The number of nitrogens with zero attached hydrogens (tertiary/aromatic N) is 1. The summed E-state index contributed by atoms with van der Waals surface area (Å²) in [7, 11) is 0. The number of esters is 1. The van der Waals surface area contributed by atoms with Gasteiger partial charge in [-0.1, -0.05) is 53.0 Å². The molecule has 0 heterocycles. The van der Waals surface area contributed by atoms with Crippen molar-refractivity contribution >= 4 is 47.2 Å². The third-order valence-corrected chi connectivity index (χ3v) is 4.86. The number of hydrogen-bond donors (Lipinski definition) is 2. The summed E-state index contributed by atoms with van der Waals surface area (Å²) in [6.07, 6.45) is 1.38. The Bertz CT molecular complexity index is 1230. The number of carbonyl (C=O) groups excluding carboxylic acids is 3. The normalized spacial score (nSPS) is 10.6. The number of rotatable bonds is 7. The molecule has 3 aromatic carbocycles. The van der Waals surface area contributed by atoms with Crippen LogP contribution in [0.4, 0.5) is 0 Å². The van der Waals surface area contributed by atoms with E-state index < -0.39 is 11.9 Å². The number of hydrogen-bond acceptors (Lipinski definition) is 5. The minimum Gasteiger partial charge on any atom is -0.423 e. The quantitative estimate of drug-likeness (QED) is 0.225. The smallest absolute Gasteiger partial charge is 0.345 e. The van der Waals surface area contributed by atoms with Crippen LogP contribution in [0.1, 0.15) is 31.8 Å². The molecule has 0 radical (unpaired) electrons. The average Bonchev–Trinajstić information content (AvgIpc) is 2.77. The van der Waals surface area contributed by atoms with Crippen molar-refractivity contribution < 1.29 is 19.1 Å². The molecule has 0 atom stereocenters. The van der Waals surface area contributed by atoms with Crippen molar-refractivity contribution in [3.63, 3.8) is 0 Å². The fraction of sp³-hybridized carbons (Fsp3) is 0.0833. The molecule has 2 amide bonds. The standard InChI is InChI=1S/C24H19Cl2N3O4/c1-15-4-2-6-17(10-15)23(31)27-14-22(30)29-28-13-16-5-3-7-19(11-16)33-24(32)20-9-8-18(25)12-21(20)26/h2-13H,14H2,1H3,(H,27,31)(H,29,30)/b28-13+. The van der Waals surface area contributed by atoms with Crippen LogP contribution in [-0.4, -0.2) is 30.5 Å². The Morgan fingerprint density at radius 3 is 2.55 bits per heavy atom. The number of benzene rings is 3. The Morgan fingerprint density at radius 2 is 1.79 bits per heavy atom. The second-order valence-electron chi connectivity index (χ2n) is 6.93. The maximum Gasteiger partial charge on any atom is 0.345 e. The van der Waals surface area contributed by atoms with Crippen LogP contribution in [0.15, 0.2) is 71.8 Å². The summed E-state index contributed by atoms with van der Waals surface area (Å²) in [5, 5.41) is 6.98.